The molecule has 0 aliphatic heterocycles. The Kier molecular flexibility index (Phi) is 8.49. The monoisotopic (exact) mass is 494 g/mol. The van der Waals surface area contributed by atoms with Crippen LogP contribution in [-0.4, -0.2) is 34.5 Å². The SMILES string of the molecule is CN=C(NCCCn1nc(C)cc1C)NCc1cc(-c2ccccc2)on1.I. The molecule has 0 aliphatic rings. The van der Waals surface area contributed by atoms with Crippen molar-refractivity contribution in [3.63, 3.8) is 0 Å². The minimum absolute atomic E-state index is 0. The molecule has 0 bridgehead atoms. The van der Waals surface area contributed by atoms with Crippen molar-refractivity contribution in [3.8, 4) is 11.3 Å². The van der Waals surface area contributed by atoms with Crippen LogP contribution in [0.1, 0.15) is 23.5 Å². The summed E-state index contributed by atoms with van der Waals surface area (Å²) in [5, 5.41) is 15.2. The first-order chi connectivity index (χ1) is 13.2. The van der Waals surface area contributed by atoms with Gasteiger partial charge in [0.15, 0.2) is 11.7 Å². The first-order valence-corrected chi connectivity index (χ1v) is 9.12. The number of aliphatic imine (C=N–C) groups is 1. The Balaban J connectivity index is 0.00000280. The third-order valence-corrected chi connectivity index (χ3v) is 4.22. The Morgan fingerprint density at radius 1 is 1.14 bits per heavy atom. The van der Waals surface area contributed by atoms with E-state index in [1.807, 2.05) is 48.0 Å². The van der Waals surface area contributed by atoms with Crippen LogP contribution in [0.15, 0.2) is 52.0 Å². The van der Waals surface area contributed by atoms with Crippen LogP contribution in [0.5, 0.6) is 0 Å². The summed E-state index contributed by atoms with van der Waals surface area (Å²) < 4.78 is 7.45. The maximum absolute atomic E-state index is 5.42. The predicted molar refractivity (Wildman–Crippen MR) is 122 cm³/mol. The van der Waals surface area contributed by atoms with Gasteiger partial charge in [0, 0.05) is 37.5 Å². The van der Waals surface area contributed by atoms with Gasteiger partial charge in [-0.15, -0.1) is 24.0 Å². The third kappa shape index (κ3) is 6.08. The molecule has 0 radical (unpaired) electrons. The van der Waals surface area contributed by atoms with E-state index < -0.39 is 0 Å². The summed E-state index contributed by atoms with van der Waals surface area (Å²) in [5.74, 6) is 1.51. The van der Waals surface area contributed by atoms with Crippen molar-refractivity contribution in [2.45, 2.75) is 33.4 Å². The molecular formula is C20H27IN6O. The van der Waals surface area contributed by atoms with E-state index in [1.165, 1.54) is 5.69 Å². The highest BCUT2D eigenvalue weighted by Crippen LogP contribution is 2.19. The van der Waals surface area contributed by atoms with E-state index in [0.717, 1.165) is 48.2 Å². The lowest BCUT2D eigenvalue weighted by atomic mass is 10.2. The molecule has 150 valence electrons. The second-order valence-electron chi connectivity index (χ2n) is 6.40. The van der Waals surface area contributed by atoms with Crippen LogP contribution < -0.4 is 10.6 Å². The van der Waals surface area contributed by atoms with Crippen LogP contribution in [0.2, 0.25) is 0 Å². The molecule has 8 heteroatoms. The van der Waals surface area contributed by atoms with Gasteiger partial charge in [-0.2, -0.15) is 5.10 Å². The smallest absolute Gasteiger partial charge is 0.191 e. The normalized spacial score (nSPS) is 11.2. The molecule has 7 nitrogen and oxygen atoms in total. The maximum atomic E-state index is 5.42. The zero-order chi connectivity index (χ0) is 19.1. The van der Waals surface area contributed by atoms with E-state index in [1.54, 1.807) is 7.05 Å². The Hall–Kier alpha value is -2.36. The first-order valence-electron chi connectivity index (χ1n) is 9.12. The van der Waals surface area contributed by atoms with Crippen molar-refractivity contribution in [1.29, 1.82) is 0 Å². The predicted octanol–water partition coefficient (Wildman–Crippen LogP) is 3.53. The van der Waals surface area contributed by atoms with Gasteiger partial charge in [0.1, 0.15) is 5.69 Å². The number of hydrogen-bond acceptors (Lipinski definition) is 4. The quantitative estimate of drug-likeness (QED) is 0.228. The zero-order valence-electron chi connectivity index (χ0n) is 16.5. The summed E-state index contributed by atoms with van der Waals surface area (Å²) in [5.41, 5.74) is 4.10. The molecule has 3 aromatic rings. The number of nitrogens with one attached hydrogen (secondary N) is 2. The van der Waals surface area contributed by atoms with E-state index in [0.29, 0.717) is 6.54 Å². The molecule has 28 heavy (non-hydrogen) atoms. The third-order valence-electron chi connectivity index (χ3n) is 4.22. The van der Waals surface area contributed by atoms with Crippen LogP contribution >= 0.6 is 24.0 Å². The summed E-state index contributed by atoms with van der Waals surface area (Å²) >= 11 is 0. The fourth-order valence-corrected chi connectivity index (χ4v) is 2.87. The van der Waals surface area contributed by atoms with Crippen molar-refractivity contribution < 1.29 is 4.52 Å². The molecule has 0 unspecified atom stereocenters. The Bertz CT molecular complexity index is 887. The van der Waals surface area contributed by atoms with Gasteiger partial charge in [-0.25, -0.2) is 0 Å². The first kappa shape index (κ1) is 21.9. The summed E-state index contributed by atoms with van der Waals surface area (Å²) in [6.07, 6.45) is 0.963. The van der Waals surface area contributed by atoms with Crippen molar-refractivity contribution >= 4 is 29.9 Å². The van der Waals surface area contributed by atoms with Crippen LogP contribution in [0.4, 0.5) is 0 Å². The molecule has 0 atom stereocenters. The molecule has 2 aromatic heterocycles. The lowest BCUT2D eigenvalue weighted by Gasteiger charge is -2.11. The van der Waals surface area contributed by atoms with Crippen LogP contribution in [0.25, 0.3) is 11.3 Å². The van der Waals surface area contributed by atoms with E-state index in [-0.39, 0.29) is 24.0 Å². The van der Waals surface area contributed by atoms with Crippen molar-refractivity contribution in [1.82, 2.24) is 25.6 Å². The number of aryl methyl sites for hydroxylation is 3. The van der Waals surface area contributed by atoms with Gasteiger partial charge in [-0.3, -0.25) is 9.67 Å². The van der Waals surface area contributed by atoms with Gasteiger partial charge in [0.05, 0.1) is 12.2 Å². The van der Waals surface area contributed by atoms with Crippen LogP contribution in [-0.2, 0) is 13.1 Å². The number of benzene rings is 1. The highest BCUT2D eigenvalue weighted by Gasteiger charge is 2.07. The van der Waals surface area contributed by atoms with Gasteiger partial charge in [-0.1, -0.05) is 35.5 Å². The van der Waals surface area contributed by atoms with Crippen molar-refractivity contribution in [3.05, 3.63) is 59.5 Å². The van der Waals surface area contributed by atoms with Gasteiger partial charge in [-0.05, 0) is 26.3 Å². The Morgan fingerprint density at radius 3 is 2.61 bits per heavy atom. The average molecular weight is 494 g/mol. The van der Waals surface area contributed by atoms with E-state index in [4.69, 9.17) is 4.52 Å². The Morgan fingerprint density at radius 2 is 1.93 bits per heavy atom. The standard InChI is InChI=1S/C20H26N6O.HI/c1-15-12-16(2)26(24-15)11-7-10-22-20(21-3)23-14-18-13-19(27-25-18)17-8-5-4-6-9-17;/h4-6,8-9,12-13H,7,10-11,14H2,1-3H3,(H2,21,22,23);1H. The molecule has 0 fully saturated rings. The number of guanidine groups is 1. The fraction of sp³-hybridized carbons (Fsp3) is 0.350. The largest absolute Gasteiger partial charge is 0.356 e. The van der Waals surface area contributed by atoms with Gasteiger partial charge in [0.25, 0.3) is 0 Å². The molecule has 0 amide bonds. The van der Waals surface area contributed by atoms with Gasteiger partial charge in [0.2, 0.25) is 0 Å². The molecule has 3 rings (SSSR count). The molecule has 2 heterocycles. The highest BCUT2D eigenvalue weighted by atomic mass is 127. The molecule has 0 saturated heterocycles. The van der Waals surface area contributed by atoms with Crippen LogP contribution in [0, 0.1) is 13.8 Å². The lowest BCUT2D eigenvalue weighted by molar-refractivity contribution is 0.422. The molecule has 0 spiro atoms. The summed E-state index contributed by atoms with van der Waals surface area (Å²) in [6.45, 7) is 6.34. The minimum Gasteiger partial charge on any atom is -0.356 e. The topological polar surface area (TPSA) is 80.3 Å². The summed E-state index contributed by atoms with van der Waals surface area (Å²) in [6, 6.07) is 14.0. The van der Waals surface area contributed by atoms with Crippen molar-refractivity contribution in [2.75, 3.05) is 13.6 Å². The number of nitrogens with zero attached hydrogens (tertiary/aromatic N) is 4. The second-order valence-corrected chi connectivity index (χ2v) is 6.40. The molecule has 1 aromatic carbocycles. The number of hydrogen-bond donors (Lipinski definition) is 2. The highest BCUT2D eigenvalue weighted by molar-refractivity contribution is 14.0. The number of aromatic nitrogens is 3. The number of rotatable bonds is 7. The van der Waals surface area contributed by atoms with Crippen molar-refractivity contribution in [2.24, 2.45) is 4.99 Å². The fourth-order valence-electron chi connectivity index (χ4n) is 2.87. The molecular weight excluding hydrogens is 467 g/mol. The maximum Gasteiger partial charge on any atom is 0.191 e. The second kappa shape index (κ2) is 10.8. The zero-order valence-corrected chi connectivity index (χ0v) is 18.8. The molecule has 2 N–H and O–H groups in total. The van der Waals surface area contributed by atoms with Gasteiger partial charge < -0.3 is 15.2 Å². The summed E-state index contributed by atoms with van der Waals surface area (Å²) in [7, 11) is 1.76. The Labute approximate surface area is 182 Å². The molecule has 0 aliphatic carbocycles. The molecule has 0 saturated carbocycles. The van der Waals surface area contributed by atoms with E-state index in [9.17, 15) is 0 Å². The summed E-state index contributed by atoms with van der Waals surface area (Å²) in [4.78, 5) is 4.25. The van der Waals surface area contributed by atoms with Gasteiger partial charge >= 0.3 is 0 Å². The minimum atomic E-state index is 0. The van der Waals surface area contributed by atoms with Crippen LogP contribution in [0.3, 0.4) is 0 Å². The van der Waals surface area contributed by atoms with E-state index >= 15 is 0 Å². The average Bonchev–Trinajstić information content (AvgIpc) is 3.28. The number of halogens is 1. The van der Waals surface area contributed by atoms with E-state index in [2.05, 4.69) is 38.9 Å². The lowest BCUT2D eigenvalue weighted by Crippen LogP contribution is -2.37.